The number of amides is 2. The van der Waals surface area contributed by atoms with Crippen molar-refractivity contribution in [2.45, 2.75) is 19.3 Å². The molecular weight excluding hydrogens is 360 g/mol. The molecule has 0 unspecified atom stereocenters. The number of hydrogen-bond acceptors (Lipinski definition) is 5. The number of aromatic nitrogens is 1. The molecule has 138 valence electrons. The van der Waals surface area contributed by atoms with Crippen LogP contribution >= 0.6 is 11.3 Å². The number of piperidine rings is 1. The molecule has 2 amide bonds. The van der Waals surface area contributed by atoms with E-state index in [0.717, 1.165) is 36.1 Å². The smallest absolute Gasteiger partial charge is 0.257 e. The highest BCUT2D eigenvalue weighted by Gasteiger charge is 2.19. The molecule has 1 aliphatic heterocycles. The van der Waals surface area contributed by atoms with E-state index in [0.29, 0.717) is 21.9 Å². The number of nitrogens with two attached hydrogens (primary N) is 1. The van der Waals surface area contributed by atoms with Crippen LogP contribution in [0.15, 0.2) is 42.5 Å². The SMILES string of the molecule is Nc1ccc(C(=O)Nc2nc3ccc(C(=O)N4CCCCC4)cc3s2)cc1. The number of thiazole rings is 1. The number of fused-ring (bicyclic) bond motifs is 1. The Morgan fingerprint density at radius 3 is 2.44 bits per heavy atom. The van der Waals surface area contributed by atoms with Gasteiger partial charge in [0, 0.05) is 29.9 Å². The Bertz CT molecular complexity index is 991. The third-order valence-electron chi connectivity index (χ3n) is 4.67. The summed E-state index contributed by atoms with van der Waals surface area (Å²) in [5.41, 5.74) is 8.21. The Morgan fingerprint density at radius 1 is 1.00 bits per heavy atom. The second-order valence-electron chi connectivity index (χ2n) is 6.63. The number of carbonyl (C=O) groups is 2. The van der Waals surface area contributed by atoms with Crippen molar-refractivity contribution < 1.29 is 9.59 Å². The van der Waals surface area contributed by atoms with Gasteiger partial charge in [0.05, 0.1) is 10.2 Å². The van der Waals surface area contributed by atoms with Gasteiger partial charge < -0.3 is 10.6 Å². The first-order chi connectivity index (χ1) is 13.1. The third kappa shape index (κ3) is 3.78. The van der Waals surface area contributed by atoms with Gasteiger partial charge >= 0.3 is 0 Å². The topological polar surface area (TPSA) is 88.3 Å². The molecule has 2 aromatic carbocycles. The normalized spacial score (nSPS) is 14.3. The molecule has 3 aromatic rings. The van der Waals surface area contributed by atoms with Crippen LogP contribution in [0.4, 0.5) is 10.8 Å². The minimum atomic E-state index is -0.237. The van der Waals surface area contributed by atoms with E-state index in [2.05, 4.69) is 10.3 Å². The number of carbonyl (C=O) groups excluding carboxylic acids is 2. The van der Waals surface area contributed by atoms with Crippen LogP contribution in [0.2, 0.25) is 0 Å². The van der Waals surface area contributed by atoms with Crippen molar-refractivity contribution in [3.05, 3.63) is 53.6 Å². The maximum atomic E-state index is 12.7. The van der Waals surface area contributed by atoms with E-state index in [4.69, 9.17) is 5.73 Å². The Hall–Kier alpha value is -2.93. The van der Waals surface area contributed by atoms with E-state index in [9.17, 15) is 9.59 Å². The summed E-state index contributed by atoms with van der Waals surface area (Å²) in [6.07, 6.45) is 3.32. The zero-order valence-corrected chi connectivity index (χ0v) is 15.6. The van der Waals surface area contributed by atoms with Gasteiger partial charge in [-0.3, -0.25) is 14.9 Å². The van der Waals surface area contributed by atoms with Gasteiger partial charge in [0.2, 0.25) is 0 Å². The molecule has 0 spiro atoms. The van der Waals surface area contributed by atoms with Crippen LogP contribution in [0.1, 0.15) is 40.0 Å². The number of benzene rings is 2. The maximum Gasteiger partial charge on any atom is 0.257 e. The summed E-state index contributed by atoms with van der Waals surface area (Å²) in [6, 6.07) is 12.2. The van der Waals surface area contributed by atoms with Crippen LogP contribution in [-0.4, -0.2) is 34.8 Å². The lowest BCUT2D eigenvalue weighted by molar-refractivity contribution is 0.0724. The molecule has 1 aromatic heterocycles. The standard InChI is InChI=1S/C20H20N4O2S/c21-15-7-4-13(5-8-15)18(25)23-20-22-16-9-6-14(12-17(16)27-20)19(26)24-10-2-1-3-11-24/h4-9,12H,1-3,10-11,21H2,(H,22,23,25). The van der Waals surface area contributed by atoms with E-state index in [1.54, 1.807) is 24.3 Å². The van der Waals surface area contributed by atoms with E-state index in [-0.39, 0.29) is 11.8 Å². The number of anilines is 2. The molecule has 2 heterocycles. The number of nitrogens with one attached hydrogen (secondary N) is 1. The summed E-state index contributed by atoms with van der Waals surface area (Å²) in [5.74, 6) is -0.170. The molecule has 0 aliphatic carbocycles. The van der Waals surface area contributed by atoms with Crippen LogP contribution in [0.5, 0.6) is 0 Å². The Kier molecular flexibility index (Phi) is 4.77. The first kappa shape index (κ1) is 17.5. The van der Waals surface area contributed by atoms with Gasteiger partial charge in [0.1, 0.15) is 0 Å². The molecule has 0 bridgehead atoms. The Labute approximate surface area is 161 Å². The molecule has 1 saturated heterocycles. The quantitative estimate of drug-likeness (QED) is 0.677. The minimum absolute atomic E-state index is 0.0671. The lowest BCUT2D eigenvalue weighted by Crippen LogP contribution is -2.35. The molecule has 7 heteroatoms. The van der Waals surface area contributed by atoms with Gasteiger partial charge in [0.15, 0.2) is 5.13 Å². The van der Waals surface area contributed by atoms with Crippen molar-refractivity contribution in [1.82, 2.24) is 9.88 Å². The van der Waals surface area contributed by atoms with Crippen LogP contribution < -0.4 is 11.1 Å². The van der Waals surface area contributed by atoms with Gasteiger partial charge in [-0.05, 0) is 61.7 Å². The number of likely N-dealkylation sites (tertiary alicyclic amines) is 1. The molecule has 0 radical (unpaired) electrons. The second-order valence-corrected chi connectivity index (χ2v) is 7.66. The summed E-state index contributed by atoms with van der Waals surface area (Å²) >= 11 is 1.36. The molecule has 27 heavy (non-hydrogen) atoms. The molecule has 6 nitrogen and oxygen atoms in total. The van der Waals surface area contributed by atoms with Gasteiger partial charge in [-0.25, -0.2) is 4.98 Å². The molecule has 0 atom stereocenters. The largest absolute Gasteiger partial charge is 0.399 e. The second kappa shape index (κ2) is 7.36. The number of hydrogen-bond donors (Lipinski definition) is 2. The predicted molar refractivity (Wildman–Crippen MR) is 108 cm³/mol. The highest BCUT2D eigenvalue weighted by Crippen LogP contribution is 2.28. The highest BCUT2D eigenvalue weighted by atomic mass is 32.1. The summed E-state index contributed by atoms with van der Waals surface area (Å²) in [5, 5.41) is 3.32. The zero-order chi connectivity index (χ0) is 18.8. The lowest BCUT2D eigenvalue weighted by atomic mass is 10.1. The average molecular weight is 380 g/mol. The van der Waals surface area contributed by atoms with E-state index in [1.165, 1.54) is 17.8 Å². The van der Waals surface area contributed by atoms with Gasteiger partial charge in [0.25, 0.3) is 11.8 Å². The van der Waals surface area contributed by atoms with Crippen molar-refractivity contribution >= 4 is 44.2 Å². The molecular formula is C20H20N4O2S. The van der Waals surface area contributed by atoms with Crippen molar-refractivity contribution in [2.24, 2.45) is 0 Å². The first-order valence-corrected chi connectivity index (χ1v) is 9.78. The van der Waals surface area contributed by atoms with Gasteiger partial charge in [-0.1, -0.05) is 11.3 Å². The van der Waals surface area contributed by atoms with E-state index in [1.807, 2.05) is 23.1 Å². The fraction of sp³-hybridized carbons (Fsp3) is 0.250. The van der Waals surface area contributed by atoms with Gasteiger partial charge in [-0.15, -0.1) is 0 Å². The Morgan fingerprint density at radius 2 is 1.70 bits per heavy atom. The number of nitrogen functional groups attached to an aromatic ring is 1. The zero-order valence-electron chi connectivity index (χ0n) is 14.8. The summed E-state index contributed by atoms with van der Waals surface area (Å²) < 4.78 is 0.880. The molecule has 0 saturated carbocycles. The third-order valence-corrected chi connectivity index (χ3v) is 5.61. The van der Waals surface area contributed by atoms with Crippen molar-refractivity contribution in [3.63, 3.8) is 0 Å². The highest BCUT2D eigenvalue weighted by molar-refractivity contribution is 7.22. The Balaban J connectivity index is 1.53. The van der Waals surface area contributed by atoms with Crippen molar-refractivity contribution in [1.29, 1.82) is 0 Å². The van der Waals surface area contributed by atoms with Crippen LogP contribution in [0, 0.1) is 0 Å². The molecule has 1 fully saturated rings. The monoisotopic (exact) mass is 380 g/mol. The summed E-state index contributed by atoms with van der Waals surface area (Å²) in [6.45, 7) is 1.64. The van der Waals surface area contributed by atoms with E-state index < -0.39 is 0 Å². The molecule has 3 N–H and O–H groups in total. The lowest BCUT2D eigenvalue weighted by Gasteiger charge is -2.26. The maximum absolute atomic E-state index is 12.7. The van der Waals surface area contributed by atoms with E-state index >= 15 is 0 Å². The fourth-order valence-corrected chi connectivity index (χ4v) is 4.09. The van der Waals surface area contributed by atoms with Crippen molar-refractivity contribution in [2.75, 3.05) is 24.1 Å². The summed E-state index contributed by atoms with van der Waals surface area (Å²) in [4.78, 5) is 31.4. The first-order valence-electron chi connectivity index (χ1n) is 8.97. The average Bonchev–Trinajstić information content (AvgIpc) is 3.10. The molecule has 1 aliphatic rings. The number of nitrogens with zero attached hydrogens (tertiary/aromatic N) is 2. The van der Waals surface area contributed by atoms with Crippen LogP contribution in [0.25, 0.3) is 10.2 Å². The molecule has 4 rings (SSSR count). The van der Waals surface area contributed by atoms with Crippen LogP contribution in [0.3, 0.4) is 0 Å². The predicted octanol–water partition coefficient (Wildman–Crippen LogP) is 3.76. The van der Waals surface area contributed by atoms with Crippen LogP contribution in [-0.2, 0) is 0 Å². The van der Waals surface area contributed by atoms with Crippen molar-refractivity contribution in [3.8, 4) is 0 Å². The number of rotatable bonds is 3. The van der Waals surface area contributed by atoms with Gasteiger partial charge in [-0.2, -0.15) is 0 Å². The fourth-order valence-electron chi connectivity index (χ4n) is 3.19. The summed E-state index contributed by atoms with van der Waals surface area (Å²) in [7, 11) is 0. The minimum Gasteiger partial charge on any atom is -0.399 e.